The van der Waals surface area contributed by atoms with Gasteiger partial charge in [-0.1, -0.05) is 23.2 Å². The highest BCUT2D eigenvalue weighted by atomic mass is 35.5. The molecule has 3 N–H and O–H groups in total. The molecule has 2 fully saturated rings. The zero-order valence-electron chi connectivity index (χ0n) is 9.60. The molecule has 0 radical (unpaired) electrons. The van der Waals surface area contributed by atoms with Crippen LogP contribution in [0.25, 0.3) is 0 Å². The number of rotatable bonds is 4. The molecule has 3 rings (SSSR count). The Morgan fingerprint density at radius 1 is 1.24 bits per heavy atom. The lowest BCUT2D eigenvalue weighted by atomic mass is 10.0. The topological polar surface area (TPSA) is 38.0 Å². The van der Waals surface area contributed by atoms with Gasteiger partial charge in [0, 0.05) is 6.54 Å². The second-order valence-corrected chi connectivity index (χ2v) is 6.16. The summed E-state index contributed by atoms with van der Waals surface area (Å²) in [6.07, 6.45) is 5.51. The van der Waals surface area contributed by atoms with Crippen molar-refractivity contribution >= 4 is 34.6 Å². The summed E-state index contributed by atoms with van der Waals surface area (Å²) in [5, 5.41) is 4.50. The summed E-state index contributed by atoms with van der Waals surface area (Å²) >= 11 is 11.9. The maximum Gasteiger partial charge on any atom is 0.0614 e. The fourth-order valence-electron chi connectivity index (χ4n) is 2.57. The molecule has 1 aromatic carbocycles. The van der Waals surface area contributed by atoms with Crippen molar-refractivity contribution in [1.82, 2.24) is 0 Å². The molecule has 0 bridgehead atoms. The molecule has 92 valence electrons. The third-order valence-corrected chi connectivity index (χ3v) is 4.78. The van der Waals surface area contributed by atoms with E-state index in [1.807, 2.05) is 6.07 Å². The molecule has 2 aliphatic carbocycles. The van der Waals surface area contributed by atoms with Gasteiger partial charge in [-0.25, -0.2) is 0 Å². The Kier molecular flexibility index (Phi) is 2.68. The summed E-state index contributed by atoms with van der Waals surface area (Å²) in [6, 6.07) is 3.53. The molecule has 17 heavy (non-hydrogen) atoms. The van der Waals surface area contributed by atoms with Crippen LogP contribution >= 0.6 is 23.2 Å². The van der Waals surface area contributed by atoms with Gasteiger partial charge >= 0.3 is 0 Å². The number of hydrogen-bond donors (Lipinski definition) is 2. The molecular formula is C13H16Cl2N2. The molecular weight excluding hydrogens is 255 g/mol. The van der Waals surface area contributed by atoms with Crippen LogP contribution in [-0.2, 0) is 0 Å². The minimum Gasteiger partial charge on any atom is -0.397 e. The lowest BCUT2D eigenvalue weighted by molar-refractivity contribution is 0.467. The van der Waals surface area contributed by atoms with Crippen molar-refractivity contribution in [2.45, 2.75) is 25.7 Å². The molecule has 0 saturated heterocycles. The average molecular weight is 271 g/mol. The molecule has 0 aromatic heterocycles. The molecule has 0 aliphatic heterocycles. The van der Waals surface area contributed by atoms with Crippen molar-refractivity contribution in [3.63, 3.8) is 0 Å². The lowest BCUT2D eigenvalue weighted by Crippen LogP contribution is -2.18. The molecule has 2 aliphatic rings. The molecule has 1 aromatic rings. The van der Waals surface area contributed by atoms with E-state index in [1.165, 1.54) is 25.7 Å². The van der Waals surface area contributed by atoms with E-state index in [0.29, 0.717) is 21.1 Å². The van der Waals surface area contributed by atoms with E-state index in [1.54, 1.807) is 6.07 Å². The highest BCUT2D eigenvalue weighted by molar-refractivity contribution is 6.42. The first-order chi connectivity index (χ1) is 8.11. The van der Waals surface area contributed by atoms with Crippen LogP contribution in [0.1, 0.15) is 25.7 Å². The van der Waals surface area contributed by atoms with Crippen molar-refractivity contribution in [2.75, 3.05) is 17.6 Å². The number of nitrogens with one attached hydrogen (secondary N) is 1. The normalized spacial score (nSPS) is 21.3. The van der Waals surface area contributed by atoms with E-state index in [-0.39, 0.29) is 0 Å². The number of anilines is 2. The fraction of sp³-hybridized carbons (Fsp3) is 0.538. The molecule has 2 saturated carbocycles. The van der Waals surface area contributed by atoms with E-state index >= 15 is 0 Å². The van der Waals surface area contributed by atoms with Crippen molar-refractivity contribution in [1.29, 1.82) is 0 Å². The Balaban J connectivity index is 1.70. The van der Waals surface area contributed by atoms with Gasteiger partial charge in [-0.15, -0.1) is 0 Å². The van der Waals surface area contributed by atoms with Gasteiger partial charge in [-0.05, 0) is 49.1 Å². The number of nitrogen functional groups attached to an aromatic ring is 1. The Morgan fingerprint density at radius 3 is 2.47 bits per heavy atom. The van der Waals surface area contributed by atoms with Crippen molar-refractivity contribution < 1.29 is 0 Å². The van der Waals surface area contributed by atoms with Gasteiger partial charge in [0.15, 0.2) is 0 Å². The Labute approximate surface area is 111 Å². The standard InChI is InChI=1S/C13H16Cl2N2/c14-9-5-11(16)12(6-10(9)15)17-7-13(3-4-13)8-1-2-8/h5-6,8,17H,1-4,7,16H2. The van der Waals surface area contributed by atoms with E-state index in [4.69, 9.17) is 28.9 Å². The minimum atomic E-state index is 0.512. The SMILES string of the molecule is Nc1cc(Cl)c(Cl)cc1NCC1(C2CC2)CC1. The molecule has 0 amide bonds. The Bertz CT molecular complexity index is 451. The van der Waals surface area contributed by atoms with Gasteiger partial charge in [-0.2, -0.15) is 0 Å². The van der Waals surface area contributed by atoms with Crippen LogP contribution in [0.3, 0.4) is 0 Å². The van der Waals surface area contributed by atoms with Crippen molar-refractivity contribution in [3.05, 3.63) is 22.2 Å². The van der Waals surface area contributed by atoms with Gasteiger partial charge in [0.25, 0.3) is 0 Å². The summed E-state index contributed by atoms with van der Waals surface area (Å²) in [5.74, 6) is 0.944. The third-order valence-electron chi connectivity index (χ3n) is 4.06. The van der Waals surface area contributed by atoms with Gasteiger partial charge in [0.05, 0.1) is 21.4 Å². The van der Waals surface area contributed by atoms with Crippen LogP contribution in [0.4, 0.5) is 11.4 Å². The molecule has 0 spiro atoms. The molecule has 0 unspecified atom stereocenters. The maximum atomic E-state index is 6.00. The van der Waals surface area contributed by atoms with Crippen molar-refractivity contribution in [3.8, 4) is 0 Å². The maximum absolute atomic E-state index is 6.00. The number of hydrogen-bond acceptors (Lipinski definition) is 2. The summed E-state index contributed by atoms with van der Waals surface area (Å²) in [6.45, 7) is 1.01. The average Bonchev–Trinajstić information content (AvgIpc) is 3.14. The molecule has 4 heteroatoms. The summed E-state index contributed by atoms with van der Waals surface area (Å²) < 4.78 is 0. The van der Waals surface area contributed by atoms with E-state index in [2.05, 4.69) is 5.32 Å². The first-order valence-electron chi connectivity index (χ1n) is 6.09. The molecule has 2 nitrogen and oxygen atoms in total. The smallest absolute Gasteiger partial charge is 0.0614 e. The first-order valence-corrected chi connectivity index (χ1v) is 6.85. The van der Waals surface area contributed by atoms with Crippen molar-refractivity contribution in [2.24, 2.45) is 11.3 Å². The minimum absolute atomic E-state index is 0.512. The largest absolute Gasteiger partial charge is 0.397 e. The van der Waals surface area contributed by atoms with Gasteiger partial charge in [0.2, 0.25) is 0 Å². The predicted octanol–water partition coefficient (Wildman–Crippen LogP) is 4.18. The van der Waals surface area contributed by atoms with Gasteiger partial charge in [-0.3, -0.25) is 0 Å². The first kappa shape index (κ1) is 11.5. The summed E-state index contributed by atoms with van der Waals surface area (Å²) in [4.78, 5) is 0. The molecule has 0 heterocycles. The van der Waals surface area contributed by atoms with Crippen LogP contribution in [0, 0.1) is 11.3 Å². The molecule has 0 atom stereocenters. The Hall–Kier alpha value is -0.600. The van der Waals surface area contributed by atoms with Crippen LogP contribution in [-0.4, -0.2) is 6.54 Å². The summed E-state index contributed by atoms with van der Waals surface area (Å²) in [7, 11) is 0. The van der Waals surface area contributed by atoms with Crippen LogP contribution in [0.15, 0.2) is 12.1 Å². The van der Waals surface area contributed by atoms with E-state index in [0.717, 1.165) is 18.2 Å². The van der Waals surface area contributed by atoms with E-state index < -0.39 is 0 Å². The quantitative estimate of drug-likeness (QED) is 0.806. The lowest BCUT2D eigenvalue weighted by Gasteiger charge is -2.17. The highest BCUT2D eigenvalue weighted by Crippen LogP contribution is 2.61. The number of halogens is 2. The number of benzene rings is 1. The summed E-state index contributed by atoms with van der Waals surface area (Å²) in [5.41, 5.74) is 8.06. The third kappa shape index (κ3) is 2.21. The van der Waals surface area contributed by atoms with Crippen LogP contribution < -0.4 is 11.1 Å². The number of nitrogens with two attached hydrogens (primary N) is 1. The highest BCUT2D eigenvalue weighted by Gasteiger charge is 2.53. The zero-order valence-corrected chi connectivity index (χ0v) is 11.1. The monoisotopic (exact) mass is 270 g/mol. The van der Waals surface area contributed by atoms with Crippen LogP contribution in [0.5, 0.6) is 0 Å². The fourth-order valence-corrected chi connectivity index (χ4v) is 2.91. The zero-order chi connectivity index (χ0) is 12.0. The van der Waals surface area contributed by atoms with Gasteiger partial charge < -0.3 is 11.1 Å². The second kappa shape index (κ2) is 3.96. The van der Waals surface area contributed by atoms with Crippen LogP contribution in [0.2, 0.25) is 10.0 Å². The Morgan fingerprint density at radius 2 is 1.88 bits per heavy atom. The second-order valence-electron chi connectivity index (χ2n) is 5.34. The van der Waals surface area contributed by atoms with Gasteiger partial charge in [0.1, 0.15) is 0 Å². The predicted molar refractivity (Wildman–Crippen MR) is 73.8 cm³/mol. The van der Waals surface area contributed by atoms with E-state index in [9.17, 15) is 0 Å².